The Labute approximate surface area is 112 Å². The first-order chi connectivity index (χ1) is 9.04. The van der Waals surface area contributed by atoms with Crippen LogP contribution in [0.25, 0.3) is 0 Å². The molecule has 0 aliphatic rings. The maximum absolute atomic E-state index is 11.7. The monoisotopic (exact) mass is 262 g/mol. The third-order valence-corrected chi connectivity index (χ3v) is 2.54. The largest absolute Gasteiger partial charge is 0.457 e. The molecule has 0 aliphatic carbocycles. The second kappa shape index (κ2) is 7.31. The van der Waals surface area contributed by atoms with Crippen LogP contribution in [0.1, 0.15) is 31.1 Å². The molecule has 1 heterocycles. The van der Waals surface area contributed by atoms with Gasteiger partial charge in [0.05, 0.1) is 12.1 Å². The Balaban J connectivity index is 2.41. The summed E-state index contributed by atoms with van der Waals surface area (Å²) in [4.78, 5) is 27.1. The van der Waals surface area contributed by atoms with Crippen molar-refractivity contribution in [3.63, 3.8) is 0 Å². The highest BCUT2D eigenvalue weighted by atomic mass is 16.5. The van der Waals surface area contributed by atoms with Crippen LogP contribution in [0.4, 0.5) is 0 Å². The van der Waals surface area contributed by atoms with Crippen molar-refractivity contribution in [1.29, 1.82) is 0 Å². The summed E-state index contributed by atoms with van der Waals surface area (Å²) in [7, 11) is 0. The lowest BCUT2D eigenvalue weighted by atomic mass is 10.2. The van der Waals surface area contributed by atoms with Crippen LogP contribution in [0.15, 0.2) is 36.2 Å². The molecule has 1 atom stereocenters. The Hall–Kier alpha value is -2.17. The number of hydrogen-bond donors (Lipinski definition) is 1. The van der Waals surface area contributed by atoms with Gasteiger partial charge >= 0.3 is 5.97 Å². The number of aromatic nitrogens is 1. The molecule has 102 valence electrons. The molecule has 1 unspecified atom stereocenters. The summed E-state index contributed by atoms with van der Waals surface area (Å²) >= 11 is 0. The first-order valence-electron chi connectivity index (χ1n) is 6.06. The highest BCUT2D eigenvalue weighted by Crippen LogP contribution is 2.00. The summed E-state index contributed by atoms with van der Waals surface area (Å²) in [5.41, 5.74) is 1.02. The van der Waals surface area contributed by atoms with E-state index >= 15 is 0 Å². The van der Waals surface area contributed by atoms with E-state index in [0.717, 1.165) is 0 Å². The fourth-order valence-electron chi connectivity index (χ4n) is 1.27. The number of pyridine rings is 1. The molecular formula is C14H18N2O3. The van der Waals surface area contributed by atoms with Crippen LogP contribution in [0.2, 0.25) is 0 Å². The van der Waals surface area contributed by atoms with Crippen molar-refractivity contribution < 1.29 is 14.3 Å². The average molecular weight is 262 g/mol. The second-order valence-corrected chi connectivity index (χ2v) is 4.14. The number of nitrogens with zero attached hydrogens (tertiary/aromatic N) is 1. The highest BCUT2D eigenvalue weighted by Gasteiger charge is 2.12. The van der Waals surface area contributed by atoms with Gasteiger partial charge in [-0.3, -0.25) is 9.78 Å². The molecule has 0 aromatic carbocycles. The molecule has 0 radical (unpaired) electrons. The fraction of sp³-hybridized carbons (Fsp3) is 0.357. The quantitative estimate of drug-likeness (QED) is 0.648. The smallest absolute Gasteiger partial charge is 0.333 e. The van der Waals surface area contributed by atoms with E-state index in [1.807, 2.05) is 0 Å². The summed E-state index contributed by atoms with van der Waals surface area (Å²) in [5.74, 6) is -0.607. The minimum Gasteiger partial charge on any atom is -0.457 e. The molecule has 1 aromatic heterocycles. The number of esters is 1. The Morgan fingerprint density at radius 1 is 1.53 bits per heavy atom. The zero-order valence-corrected chi connectivity index (χ0v) is 11.3. The van der Waals surface area contributed by atoms with Gasteiger partial charge in [-0.25, -0.2) is 4.79 Å². The Kier molecular flexibility index (Phi) is 5.73. The van der Waals surface area contributed by atoms with E-state index < -0.39 is 0 Å². The topological polar surface area (TPSA) is 68.3 Å². The fourth-order valence-corrected chi connectivity index (χ4v) is 1.27. The van der Waals surface area contributed by atoms with E-state index in [9.17, 15) is 9.59 Å². The van der Waals surface area contributed by atoms with Gasteiger partial charge < -0.3 is 10.1 Å². The Morgan fingerprint density at radius 2 is 2.26 bits per heavy atom. The molecule has 1 rings (SSSR count). The van der Waals surface area contributed by atoms with Crippen molar-refractivity contribution in [2.45, 2.75) is 26.9 Å². The zero-order valence-electron chi connectivity index (χ0n) is 11.3. The molecule has 1 aromatic rings. The van der Waals surface area contributed by atoms with Crippen molar-refractivity contribution in [1.82, 2.24) is 10.3 Å². The van der Waals surface area contributed by atoms with Gasteiger partial charge in [-0.15, -0.1) is 0 Å². The highest BCUT2D eigenvalue weighted by molar-refractivity contribution is 5.93. The Morgan fingerprint density at radius 3 is 2.84 bits per heavy atom. The molecular weight excluding hydrogens is 244 g/mol. The third-order valence-electron chi connectivity index (χ3n) is 2.54. The van der Waals surface area contributed by atoms with Crippen LogP contribution >= 0.6 is 0 Å². The minimum absolute atomic E-state index is 0.237. The standard InChI is InChI=1S/C14H18N2O3/c1-4-10(2)14(18)19-11(3)8-16-13(17)12-6-5-7-15-9-12/h4-7,9,11H,8H2,1-3H3,(H,16,17)/b10-4+. The first kappa shape index (κ1) is 14.9. The van der Waals surface area contributed by atoms with Gasteiger partial charge in [0.1, 0.15) is 6.10 Å². The minimum atomic E-state index is -0.386. The molecule has 0 bridgehead atoms. The Bertz CT molecular complexity index is 469. The summed E-state index contributed by atoms with van der Waals surface area (Å²) in [6.45, 7) is 5.44. The lowest BCUT2D eigenvalue weighted by molar-refractivity contribution is -0.143. The van der Waals surface area contributed by atoms with E-state index in [1.54, 1.807) is 45.2 Å². The van der Waals surface area contributed by atoms with Crippen LogP contribution < -0.4 is 5.32 Å². The van der Waals surface area contributed by atoms with Gasteiger partial charge in [0.15, 0.2) is 0 Å². The lowest BCUT2D eigenvalue weighted by Crippen LogP contribution is -2.33. The summed E-state index contributed by atoms with van der Waals surface area (Å²) in [6, 6.07) is 3.36. The molecule has 0 fully saturated rings. The maximum atomic E-state index is 11.7. The number of allylic oxidation sites excluding steroid dienone is 1. The molecule has 0 aliphatic heterocycles. The molecule has 1 N–H and O–H groups in total. The first-order valence-corrected chi connectivity index (χ1v) is 6.06. The summed E-state index contributed by atoms with van der Waals surface area (Å²) in [6.07, 6.45) is 4.38. The number of rotatable bonds is 5. The van der Waals surface area contributed by atoms with Gasteiger partial charge in [-0.1, -0.05) is 6.08 Å². The maximum Gasteiger partial charge on any atom is 0.333 e. The molecule has 0 spiro atoms. The van der Waals surface area contributed by atoms with Gasteiger partial charge in [0.25, 0.3) is 5.91 Å². The van der Waals surface area contributed by atoms with Gasteiger partial charge in [0, 0.05) is 18.0 Å². The van der Waals surface area contributed by atoms with Crippen molar-refractivity contribution >= 4 is 11.9 Å². The molecule has 0 saturated heterocycles. The van der Waals surface area contributed by atoms with Gasteiger partial charge in [0.2, 0.25) is 0 Å². The van der Waals surface area contributed by atoms with Crippen LogP contribution in [0, 0.1) is 0 Å². The van der Waals surface area contributed by atoms with E-state index in [4.69, 9.17) is 4.74 Å². The molecule has 19 heavy (non-hydrogen) atoms. The molecule has 0 saturated carbocycles. The van der Waals surface area contributed by atoms with E-state index in [-0.39, 0.29) is 24.5 Å². The van der Waals surface area contributed by atoms with Gasteiger partial charge in [-0.05, 0) is 32.9 Å². The van der Waals surface area contributed by atoms with Crippen molar-refractivity contribution in [3.8, 4) is 0 Å². The summed E-state index contributed by atoms with van der Waals surface area (Å²) < 4.78 is 5.15. The predicted molar refractivity (Wildman–Crippen MR) is 71.6 cm³/mol. The predicted octanol–water partition coefficient (Wildman–Crippen LogP) is 1.71. The number of ether oxygens (including phenoxy) is 1. The van der Waals surface area contributed by atoms with E-state index in [0.29, 0.717) is 11.1 Å². The van der Waals surface area contributed by atoms with Crippen molar-refractivity contribution in [2.75, 3.05) is 6.54 Å². The van der Waals surface area contributed by atoms with Crippen LogP contribution in [0.5, 0.6) is 0 Å². The number of hydrogen-bond acceptors (Lipinski definition) is 4. The van der Waals surface area contributed by atoms with Crippen LogP contribution in [0.3, 0.4) is 0 Å². The van der Waals surface area contributed by atoms with Gasteiger partial charge in [-0.2, -0.15) is 0 Å². The summed E-state index contributed by atoms with van der Waals surface area (Å²) in [5, 5.41) is 2.69. The number of nitrogens with one attached hydrogen (secondary N) is 1. The van der Waals surface area contributed by atoms with Crippen molar-refractivity contribution in [3.05, 3.63) is 41.7 Å². The van der Waals surface area contributed by atoms with Crippen LogP contribution in [-0.2, 0) is 9.53 Å². The van der Waals surface area contributed by atoms with E-state index in [1.165, 1.54) is 6.20 Å². The SMILES string of the molecule is C/C=C(\C)C(=O)OC(C)CNC(=O)c1cccnc1. The molecule has 5 nitrogen and oxygen atoms in total. The lowest BCUT2D eigenvalue weighted by Gasteiger charge is -2.14. The van der Waals surface area contributed by atoms with Crippen LogP contribution in [-0.4, -0.2) is 29.5 Å². The third kappa shape index (κ3) is 4.91. The normalized spacial score (nSPS) is 12.7. The molecule has 5 heteroatoms. The average Bonchev–Trinajstić information content (AvgIpc) is 2.44. The number of carbonyl (C=O) groups is 2. The van der Waals surface area contributed by atoms with E-state index in [2.05, 4.69) is 10.3 Å². The second-order valence-electron chi connectivity index (χ2n) is 4.14. The van der Waals surface area contributed by atoms with Crippen molar-refractivity contribution in [2.24, 2.45) is 0 Å². The molecule has 1 amide bonds. The zero-order chi connectivity index (χ0) is 14.3. The number of carbonyl (C=O) groups excluding carboxylic acids is 2. The number of amides is 1.